The Balaban J connectivity index is 1.66. The normalized spacial score (nSPS) is 16.9. The standard InChI is InChI=1S/C18H22N4O2/c1-12-15(10-19-18(24)16-8-9-17(23)20-16)13(2)22(21-12)11-14-6-4-3-5-7-14/h3-7,16H,8-11H2,1-2H3,(H,19,24)(H,20,23)/t16-/m1/s1. The molecule has 0 bridgehead atoms. The van der Waals surface area contributed by atoms with Crippen molar-refractivity contribution in [3.05, 3.63) is 52.8 Å². The molecule has 126 valence electrons. The number of amides is 2. The van der Waals surface area contributed by atoms with Crippen LogP contribution in [0.15, 0.2) is 30.3 Å². The summed E-state index contributed by atoms with van der Waals surface area (Å²) in [5.41, 5.74) is 4.18. The van der Waals surface area contributed by atoms with Crippen molar-refractivity contribution in [3.63, 3.8) is 0 Å². The molecule has 1 saturated heterocycles. The summed E-state index contributed by atoms with van der Waals surface area (Å²) in [7, 11) is 0. The Kier molecular flexibility index (Phi) is 4.64. The van der Waals surface area contributed by atoms with Gasteiger partial charge in [-0.2, -0.15) is 5.10 Å². The highest BCUT2D eigenvalue weighted by molar-refractivity contribution is 5.90. The van der Waals surface area contributed by atoms with E-state index in [9.17, 15) is 9.59 Å². The summed E-state index contributed by atoms with van der Waals surface area (Å²) < 4.78 is 1.96. The molecule has 0 radical (unpaired) electrons. The lowest BCUT2D eigenvalue weighted by molar-refractivity contribution is -0.125. The van der Waals surface area contributed by atoms with Crippen LogP contribution in [0.2, 0.25) is 0 Å². The number of benzene rings is 1. The van der Waals surface area contributed by atoms with E-state index in [-0.39, 0.29) is 11.8 Å². The zero-order valence-electron chi connectivity index (χ0n) is 14.0. The van der Waals surface area contributed by atoms with Gasteiger partial charge in [0.25, 0.3) is 0 Å². The zero-order chi connectivity index (χ0) is 17.1. The number of hydrogen-bond acceptors (Lipinski definition) is 3. The summed E-state index contributed by atoms with van der Waals surface area (Å²) in [6.45, 7) is 5.10. The summed E-state index contributed by atoms with van der Waals surface area (Å²) in [4.78, 5) is 23.3. The summed E-state index contributed by atoms with van der Waals surface area (Å²) in [6, 6.07) is 9.75. The lowest BCUT2D eigenvalue weighted by Crippen LogP contribution is -2.41. The molecule has 1 aromatic carbocycles. The Morgan fingerprint density at radius 1 is 1.33 bits per heavy atom. The highest BCUT2D eigenvalue weighted by Gasteiger charge is 2.27. The molecular weight excluding hydrogens is 304 g/mol. The van der Waals surface area contributed by atoms with Crippen molar-refractivity contribution in [2.45, 2.75) is 45.8 Å². The summed E-state index contributed by atoms with van der Waals surface area (Å²) >= 11 is 0. The van der Waals surface area contributed by atoms with Gasteiger partial charge in [-0.1, -0.05) is 30.3 Å². The van der Waals surface area contributed by atoms with Crippen LogP contribution in [0.4, 0.5) is 0 Å². The minimum atomic E-state index is -0.405. The van der Waals surface area contributed by atoms with Gasteiger partial charge in [-0.15, -0.1) is 0 Å². The number of aromatic nitrogens is 2. The molecule has 2 N–H and O–H groups in total. The van der Waals surface area contributed by atoms with E-state index >= 15 is 0 Å². The van der Waals surface area contributed by atoms with Crippen LogP contribution in [0.1, 0.15) is 35.4 Å². The van der Waals surface area contributed by atoms with Gasteiger partial charge in [0.2, 0.25) is 11.8 Å². The fourth-order valence-corrected chi connectivity index (χ4v) is 3.01. The van der Waals surface area contributed by atoms with Gasteiger partial charge < -0.3 is 10.6 Å². The van der Waals surface area contributed by atoms with Crippen molar-refractivity contribution in [3.8, 4) is 0 Å². The zero-order valence-corrected chi connectivity index (χ0v) is 14.0. The van der Waals surface area contributed by atoms with Crippen LogP contribution < -0.4 is 10.6 Å². The smallest absolute Gasteiger partial charge is 0.242 e. The highest BCUT2D eigenvalue weighted by atomic mass is 16.2. The number of carbonyl (C=O) groups excluding carboxylic acids is 2. The first-order chi connectivity index (χ1) is 11.5. The SMILES string of the molecule is Cc1nn(Cc2ccccc2)c(C)c1CNC(=O)[C@H]1CCC(=O)N1. The fourth-order valence-electron chi connectivity index (χ4n) is 3.01. The van der Waals surface area contributed by atoms with Crippen molar-refractivity contribution in [1.29, 1.82) is 0 Å². The molecule has 24 heavy (non-hydrogen) atoms. The van der Waals surface area contributed by atoms with E-state index in [1.54, 1.807) is 0 Å². The van der Waals surface area contributed by atoms with Gasteiger partial charge in [0.05, 0.1) is 12.2 Å². The van der Waals surface area contributed by atoms with Crippen molar-refractivity contribution in [2.24, 2.45) is 0 Å². The topological polar surface area (TPSA) is 76.0 Å². The molecule has 1 fully saturated rings. The Bertz CT molecular complexity index is 752. The van der Waals surface area contributed by atoms with E-state index in [0.29, 0.717) is 25.9 Å². The third-order valence-electron chi connectivity index (χ3n) is 4.46. The summed E-state index contributed by atoms with van der Waals surface area (Å²) in [5.74, 6) is -0.186. The van der Waals surface area contributed by atoms with E-state index in [0.717, 1.165) is 17.0 Å². The van der Waals surface area contributed by atoms with Crippen molar-refractivity contribution < 1.29 is 9.59 Å². The predicted octanol–water partition coefficient (Wildman–Crippen LogP) is 1.44. The Labute approximate surface area is 141 Å². The van der Waals surface area contributed by atoms with Crippen molar-refractivity contribution >= 4 is 11.8 Å². The Morgan fingerprint density at radius 3 is 2.75 bits per heavy atom. The van der Waals surface area contributed by atoms with Gasteiger partial charge >= 0.3 is 0 Å². The second kappa shape index (κ2) is 6.86. The maximum Gasteiger partial charge on any atom is 0.242 e. The second-order valence-electron chi connectivity index (χ2n) is 6.17. The number of aryl methyl sites for hydroxylation is 1. The predicted molar refractivity (Wildman–Crippen MR) is 90.3 cm³/mol. The summed E-state index contributed by atoms with van der Waals surface area (Å²) in [6.07, 6.45) is 0.987. The minimum absolute atomic E-state index is 0.0572. The Morgan fingerprint density at radius 2 is 2.08 bits per heavy atom. The average molecular weight is 326 g/mol. The van der Waals surface area contributed by atoms with Gasteiger partial charge in [-0.3, -0.25) is 14.3 Å². The van der Waals surface area contributed by atoms with Crippen molar-refractivity contribution in [2.75, 3.05) is 0 Å². The lowest BCUT2D eigenvalue weighted by atomic mass is 10.1. The van der Waals surface area contributed by atoms with E-state index in [1.165, 1.54) is 5.56 Å². The van der Waals surface area contributed by atoms with Crippen LogP contribution in [0.5, 0.6) is 0 Å². The molecule has 0 saturated carbocycles. The van der Waals surface area contributed by atoms with E-state index < -0.39 is 6.04 Å². The molecule has 1 aromatic heterocycles. The van der Waals surface area contributed by atoms with Crippen LogP contribution in [0, 0.1) is 13.8 Å². The van der Waals surface area contributed by atoms with Gasteiger partial charge in [0.15, 0.2) is 0 Å². The summed E-state index contributed by atoms with van der Waals surface area (Å²) in [5, 5.41) is 10.2. The molecule has 0 spiro atoms. The van der Waals surface area contributed by atoms with Crippen LogP contribution in [-0.4, -0.2) is 27.6 Å². The number of rotatable bonds is 5. The number of hydrogen-bond donors (Lipinski definition) is 2. The number of nitrogens with zero attached hydrogens (tertiary/aromatic N) is 2. The quantitative estimate of drug-likeness (QED) is 0.873. The number of nitrogens with one attached hydrogen (secondary N) is 2. The molecular formula is C18H22N4O2. The van der Waals surface area contributed by atoms with Gasteiger partial charge in [0.1, 0.15) is 6.04 Å². The maximum absolute atomic E-state index is 12.1. The van der Waals surface area contributed by atoms with E-state index in [2.05, 4.69) is 27.9 Å². The average Bonchev–Trinajstić information content (AvgIpc) is 3.11. The molecule has 2 aromatic rings. The molecule has 2 amide bonds. The first-order valence-electron chi connectivity index (χ1n) is 8.18. The first kappa shape index (κ1) is 16.2. The molecule has 1 aliphatic rings. The van der Waals surface area contributed by atoms with Crippen LogP contribution in [0.25, 0.3) is 0 Å². The third-order valence-corrected chi connectivity index (χ3v) is 4.46. The molecule has 2 heterocycles. The molecule has 1 aliphatic heterocycles. The highest BCUT2D eigenvalue weighted by Crippen LogP contribution is 2.15. The number of carbonyl (C=O) groups is 2. The fraction of sp³-hybridized carbons (Fsp3) is 0.389. The van der Waals surface area contributed by atoms with Crippen LogP contribution in [-0.2, 0) is 22.7 Å². The van der Waals surface area contributed by atoms with Crippen LogP contribution >= 0.6 is 0 Å². The monoisotopic (exact) mass is 326 g/mol. The lowest BCUT2D eigenvalue weighted by Gasteiger charge is -2.11. The van der Waals surface area contributed by atoms with E-state index in [1.807, 2.05) is 36.7 Å². The van der Waals surface area contributed by atoms with Gasteiger partial charge in [-0.05, 0) is 25.8 Å². The molecule has 1 atom stereocenters. The molecule has 0 unspecified atom stereocenters. The van der Waals surface area contributed by atoms with Crippen LogP contribution in [0.3, 0.4) is 0 Å². The molecule has 3 rings (SSSR count). The second-order valence-corrected chi connectivity index (χ2v) is 6.17. The van der Waals surface area contributed by atoms with Gasteiger partial charge in [-0.25, -0.2) is 0 Å². The maximum atomic E-state index is 12.1. The van der Waals surface area contributed by atoms with Crippen molar-refractivity contribution in [1.82, 2.24) is 20.4 Å². The molecule has 0 aliphatic carbocycles. The van der Waals surface area contributed by atoms with Gasteiger partial charge in [0, 0.05) is 24.2 Å². The van der Waals surface area contributed by atoms with E-state index in [4.69, 9.17) is 0 Å². The molecule has 6 heteroatoms. The largest absolute Gasteiger partial charge is 0.350 e. The Hall–Kier alpha value is -2.63. The first-order valence-corrected chi connectivity index (χ1v) is 8.18. The molecule has 6 nitrogen and oxygen atoms in total. The third kappa shape index (κ3) is 3.48. The minimum Gasteiger partial charge on any atom is -0.350 e.